The van der Waals surface area contributed by atoms with Crippen molar-refractivity contribution in [3.8, 4) is 0 Å². The Bertz CT molecular complexity index is 375. The lowest BCUT2D eigenvalue weighted by Gasteiger charge is -2.33. The second kappa shape index (κ2) is 4.31. The largest absolute Gasteiger partial charge is 0.349 e. The van der Waals surface area contributed by atoms with Crippen molar-refractivity contribution in [2.24, 2.45) is 5.92 Å². The molecule has 4 heteroatoms. The van der Waals surface area contributed by atoms with Crippen LogP contribution in [0.5, 0.6) is 0 Å². The molecule has 15 heavy (non-hydrogen) atoms. The summed E-state index contributed by atoms with van der Waals surface area (Å²) in [5.41, 5.74) is 0.663. The average molecular weight is 269 g/mol. The number of nitrogens with one attached hydrogen (secondary N) is 1. The van der Waals surface area contributed by atoms with Gasteiger partial charge in [0.25, 0.3) is 5.91 Å². The van der Waals surface area contributed by atoms with Gasteiger partial charge < -0.3 is 5.32 Å². The van der Waals surface area contributed by atoms with Crippen molar-refractivity contribution in [2.45, 2.75) is 25.8 Å². The van der Waals surface area contributed by atoms with Gasteiger partial charge in [-0.25, -0.2) is 4.98 Å². The van der Waals surface area contributed by atoms with Crippen LogP contribution in [0.3, 0.4) is 0 Å². The molecule has 2 rings (SSSR count). The number of carbonyl (C=O) groups excluding carboxylic acids is 1. The zero-order valence-electron chi connectivity index (χ0n) is 8.53. The van der Waals surface area contributed by atoms with Crippen molar-refractivity contribution < 1.29 is 4.79 Å². The summed E-state index contributed by atoms with van der Waals surface area (Å²) in [7, 11) is 0. The molecule has 0 radical (unpaired) electrons. The maximum Gasteiger partial charge on any atom is 0.251 e. The topological polar surface area (TPSA) is 42.0 Å². The van der Waals surface area contributed by atoms with Gasteiger partial charge in [0.15, 0.2) is 0 Å². The molecule has 0 bridgehead atoms. The van der Waals surface area contributed by atoms with E-state index in [0.717, 1.165) is 18.8 Å². The predicted octanol–water partition coefficient (Wildman–Crippen LogP) is 2.37. The highest BCUT2D eigenvalue weighted by molar-refractivity contribution is 9.10. The van der Waals surface area contributed by atoms with Gasteiger partial charge in [-0.1, -0.05) is 6.92 Å². The minimum atomic E-state index is -0.00463. The molecule has 1 amide bonds. The Kier molecular flexibility index (Phi) is 3.05. The number of pyridine rings is 1. The summed E-state index contributed by atoms with van der Waals surface area (Å²) in [4.78, 5) is 15.7. The number of hydrogen-bond donors (Lipinski definition) is 1. The molecule has 0 aliphatic heterocycles. The van der Waals surface area contributed by atoms with Crippen LogP contribution >= 0.6 is 15.9 Å². The van der Waals surface area contributed by atoms with Crippen LogP contribution in [0.2, 0.25) is 0 Å². The van der Waals surface area contributed by atoms with Crippen LogP contribution in [0.1, 0.15) is 30.1 Å². The van der Waals surface area contributed by atoms with Gasteiger partial charge in [0, 0.05) is 17.8 Å². The van der Waals surface area contributed by atoms with Gasteiger partial charge in [-0.15, -0.1) is 0 Å². The zero-order chi connectivity index (χ0) is 10.8. The first-order chi connectivity index (χ1) is 7.15. The van der Waals surface area contributed by atoms with E-state index in [-0.39, 0.29) is 5.91 Å². The average Bonchev–Trinajstić information content (AvgIpc) is 2.15. The fourth-order valence-corrected chi connectivity index (χ4v) is 2.20. The van der Waals surface area contributed by atoms with Crippen molar-refractivity contribution >= 4 is 21.8 Å². The third kappa shape index (κ3) is 2.56. The Hall–Kier alpha value is -0.900. The molecular formula is C11H13BrN2O. The molecule has 0 unspecified atom stereocenters. The summed E-state index contributed by atoms with van der Waals surface area (Å²) < 4.78 is 0.692. The van der Waals surface area contributed by atoms with Gasteiger partial charge in [0.2, 0.25) is 0 Å². The molecule has 1 aromatic heterocycles. The van der Waals surface area contributed by atoms with Gasteiger partial charge >= 0.3 is 0 Å². The van der Waals surface area contributed by atoms with Crippen LogP contribution in [0.4, 0.5) is 0 Å². The van der Waals surface area contributed by atoms with Gasteiger partial charge in [0.05, 0.1) is 0 Å². The number of hydrogen-bond acceptors (Lipinski definition) is 2. The molecule has 0 aromatic carbocycles. The summed E-state index contributed by atoms with van der Waals surface area (Å²) in [6.45, 7) is 2.20. The number of halogens is 1. The predicted molar refractivity (Wildman–Crippen MR) is 61.6 cm³/mol. The van der Waals surface area contributed by atoms with Crippen molar-refractivity contribution in [3.63, 3.8) is 0 Å². The second-order valence-electron chi connectivity index (χ2n) is 4.11. The summed E-state index contributed by atoms with van der Waals surface area (Å²) >= 11 is 3.25. The lowest BCUT2D eigenvalue weighted by molar-refractivity contribution is 0.0896. The summed E-state index contributed by atoms with van der Waals surface area (Å²) in [5.74, 6) is 0.745. The van der Waals surface area contributed by atoms with Crippen molar-refractivity contribution in [2.75, 3.05) is 0 Å². The molecule has 0 spiro atoms. The SMILES string of the molecule is CC1CC(NC(=O)c2ccnc(Br)c2)C1. The van der Waals surface area contributed by atoms with Crippen LogP contribution in [-0.4, -0.2) is 16.9 Å². The fourth-order valence-electron chi connectivity index (χ4n) is 1.83. The molecular weight excluding hydrogens is 256 g/mol. The van der Waals surface area contributed by atoms with Gasteiger partial charge in [-0.2, -0.15) is 0 Å². The van der Waals surface area contributed by atoms with E-state index in [1.807, 2.05) is 0 Å². The second-order valence-corrected chi connectivity index (χ2v) is 4.93. The van der Waals surface area contributed by atoms with Crippen LogP contribution in [-0.2, 0) is 0 Å². The van der Waals surface area contributed by atoms with E-state index in [2.05, 4.69) is 33.2 Å². The Morgan fingerprint density at radius 1 is 1.60 bits per heavy atom. The Balaban J connectivity index is 1.96. The molecule has 0 atom stereocenters. The monoisotopic (exact) mass is 268 g/mol. The van der Waals surface area contributed by atoms with Crippen molar-refractivity contribution in [1.82, 2.24) is 10.3 Å². The molecule has 80 valence electrons. The zero-order valence-corrected chi connectivity index (χ0v) is 10.1. The number of amides is 1. The first-order valence-electron chi connectivity index (χ1n) is 5.07. The van der Waals surface area contributed by atoms with E-state index in [9.17, 15) is 4.79 Å². The third-order valence-corrected chi connectivity index (χ3v) is 3.13. The van der Waals surface area contributed by atoms with Crippen molar-refractivity contribution in [3.05, 3.63) is 28.5 Å². The van der Waals surface area contributed by atoms with E-state index < -0.39 is 0 Å². The summed E-state index contributed by atoms with van der Waals surface area (Å²) in [6.07, 6.45) is 3.82. The van der Waals surface area contributed by atoms with E-state index >= 15 is 0 Å². The normalized spacial score (nSPS) is 24.4. The quantitative estimate of drug-likeness (QED) is 0.837. The standard InChI is InChI=1S/C11H13BrN2O/c1-7-4-9(5-7)14-11(15)8-2-3-13-10(12)6-8/h2-3,6-7,9H,4-5H2,1H3,(H,14,15). The van der Waals surface area contributed by atoms with E-state index in [0.29, 0.717) is 16.2 Å². The van der Waals surface area contributed by atoms with Crippen molar-refractivity contribution in [1.29, 1.82) is 0 Å². The number of nitrogens with zero attached hydrogens (tertiary/aromatic N) is 1. The fraction of sp³-hybridized carbons (Fsp3) is 0.455. The van der Waals surface area contributed by atoms with Gasteiger partial charge in [-0.05, 0) is 46.8 Å². The highest BCUT2D eigenvalue weighted by Crippen LogP contribution is 2.26. The molecule has 1 aromatic rings. The molecule has 3 nitrogen and oxygen atoms in total. The van der Waals surface area contributed by atoms with Crippen LogP contribution in [0, 0.1) is 5.92 Å². The minimum absolute atomic E-state index is 0.00463. The Morgan fingerprint density at radius 2 is 2.33 bits per heavy atom. The highest BCUT2D eigenvalue weighted by Gasteiger charge is 2.26. The minimum Gasteiger partial charge on any atom is -0.349 e. The first kappa shape index (κ1) is 10.6. The molecule has 1 heterocycles. The van der Waals surface area contributed by atoms with Crippen LogP contribution in [0.15, 0.2) is 22.9 Å². The molecule has 1 aliphatic rings. The third-order valence-electron chi connectivity index (χ3n) is 2.70. The summed E-state index contributed by atoms with van der Waals surface area (Å²) in [5, 5.41) is 3.00. The molecule has 1 N–H and O–H groups in total. The molecule has 0 saturated heterocycles. The highest BCUT2D eigenvalue weighted by atomic mass is 79.9. The van der Waals surface area contributed by atoms with E-state index in [4.69, 9.17) is 0 Å². The molecule has 1 aliphatic carbocycles. The number of rotatable bonds is 2. The maximum absolute atomic E-state index is 11.7. The molecule has 1 saturated carbocycles. The van der Waals surface area contributed by atoms with E-state index in [1.165, 1.54) is 0 Å². The Labute approximate surface area is 97.4 Å². The Morgan fingerprint density at radius 3 is 2.93 bits per heavy atom. The number of aromatic nitrogens is 1. The van der Waals surface area contributed by atoms with E-state index in [1.54, 1.807) is 18.3 Å². The van der Waals surface area contributed by atoms with Crippen LogP contribution < -0.4 is 5.32 Å². The smallest absolute Gasteiger partial charge is 0.251 e. The maximum atomic E-state index is 11.7. The van der Waals surface area contributed by atoms with Crippen LogP contribution in [0.25, 0.3) is 0 Å². The lowest BCUT2D eigenvalue weighted by atomic mass is 9.82. The number of carbonyl (C=O) groups is 1. The first-order valence-corrected chi connectivity index (χ1v) is 5.87. The molecule has 1 fully saturated rings. The lowest BCUT2D eigenvalue weighted by Crippen LogP contribution is -2.43. The summed E-state index contributed by atoms with van der Waals surface area (Å²) in [6, 6.07) is 3.82. The van der Waals surface area contributed by atoms with Gasteiger partial charge in [0.1, 0.15) is 4.60 Å². The van der Waals surface area contributed by atoms with Gasteiger partial charge in [-0.3, -0.25) is 4.79 Å².